The highest BCUT2D eigenvalue weighted by Gasteiger charge is 2.36. The van der Waals surface area contributed by atoms with Gasteiger partial charge in [-0.1, -0.05) is 23.6 Å². The van der Waals surface area contributed by atoms with Crippen LogP contribution in [0.3, 0.4) is 0 Å². The first-order valence-electron chi connectivity index (χ1n) is 7.85. The lowest BCUT2D eigenvalue weighted by atomic mass is 9.66. The molecule has 3 unspecified atom stereocenters. The molecule has 0 aromatic carbocycles. The molecular formula is C17H24. The van der Waals surface area contributed by atoms with Gasteiger partial charge in [0, 0.05) is 0 Å². The molecule has 0 aromatic heterocycles. The second kappa shape index (κ2) is 4.00. The molecule has 0 aromatic rings. The zero-order valence-electron chi connectivity index (χ0n) is 10.9. The van der Waals surface area contributed by atoms with E-state index in [0.717, 1.165) is 17.8 Å². The minimum atomic E-state index is 0.964. The average Bonchev–Trinajstić information content (AvgIpc) is 2.85. The highest BCUT2D eigenvalue weighted by molar-refractivity contribution is 5.39. The molecule has 4 aliphatic carbocycles. The van der Waals surface area contributed by atoms with E-state index in [1.165, 1.54) is 64.2 Å². The lowest BCUT2D eigenvalue weighted by molar-refractivity contribution is 0.321. The van der Waals surface area contributed by atoms with Crippen LogP contribution < -0.4 is 0 Å². The summed E-state index contributed by atoms with van der Waals surface area (Å²) in [6.07, 6.45) is 17.5. The van der Waals surface area contributed by atoms with E-state index in [-0.39, 0.29) is 0 Å². The Morgan fingerprint density at radius 3 is 2.65 bits per heavy atom. The van der Waals surface area contributed by atoms with Crippen molar-refractivity contribution in [2.45, 2.75) is 64.2 Å². The molecule has 2 saturated carbocycles. The first-order chi connectivity index (χ1) is 8.42. The van der Waals surface area contributed by atoms with Crippen LogP contribution in [0.25, 0.3) is 0 Å². The van der Waals surface area contributed by atoms with E-state index in [4.69, 9.17) is 0 Å². The minimum Gasteiger partial charge on any atom is -0.0668 e. The Labute approximate surface area is 105 Å². The fourth-order valence-electron chi connectivity index (χ4n) is 5.00. The SMILES string of the molecule is C1=C2CCCCC2CC2CCC3CCCC3=C12. The third kappa shape index (κ3) is 1.63. The maximum absolute atomic E-state index is 2.69. The lowest BCUT2D eigenvalue weighted by Crippen LogP contribution is -2.25. The summed E-state index contributed by atoms with van der Waals surface area (Å²) in [6, 6.07) is 0. The predicted molar refractivity (Wildman–Crippen MR) is 71.7 cm³/mol. The van der Waals surface area contributed by atoms with E-state index >= 15 is 0 Å². The lowest BCUT2D eigenvalue weighted by Gasteiger charge is -2.39. The maximum Gasteiger partial charge on any atom is -0.0156 e. The number of hydrogen-bond donors (Lipinski definition) is 0. The van der Waals surface area contributed by atoms with Gasteiger partial charge in [-0.25, -0.2) is 0 Å². The maximum atomic E-state index is 2.69. The van der Waals surface area contributed by atoms with Crippen LogP contribution in [0.1, 0.15) is 64.2 Å². The van der Waals surface area contributed by atoms with Gasteiger partial charge in [-0.2, -0.15) is 0 Å². The van der Waals surface area contributed by atoms with E-state index in [1.54, 1.807) is 0 Å². The van der Waals surface area contributed by atoms with Gasteiger partial charge >= 0.3 is 0 Å². The molecule has 3 atom stereocenters. The Hall–Kier alpha value is -0.520. The summed E-state index contributed by atoms with van der Waals surface area (Å²) in [5.74, 6) is 2.94. The molecule has 0 heterocycles. The summed E-state index contributed by atoms with van der Waals surface area (Å²) in [4.78, 5) is 0. The smallest absolute Gasteiger partial charge is 0.0156 e. The standard InChI is InChI=1S/C17H24/c1-2-5-14-11-17-15(10-13(14)4-1)9-8-12-6-3-7-16(12)17/h11-13,15H,1-10H2. The van der Waals surface area contributed by atoms with Gasteiger partial charge in [0.05, 0.1) is 0 Å². The van der Waals surface area contributed by atoms with Crippen LogP contribution in [0.4, 0.5) is 0 Å². The normalized spacial score (nSPS) is 40.5. The molecule has 17 heavy (non-hydrogen) atoms. The van der Waals surface area contributed by atoms with Crippen molar-refractivity contribution < 1.29 is 0 Å². The van der Waals surface area contributed by atoms with Crippen molar-refractivity contribution in [3.63, 3.8) is 0 Å². The van der Waals surface area contributed by atoms with E-state index < -0.39 is 0 Å². The molecule has 92 valence electrons. The zero-order valence-corrected chi connectivity index (χ0v) is 10.9. The van der Waals surface area contributed by atoms with Gasteiger partial charge in [0.2, 0.25) is 0 Å². The molecule has 0 N–H and O–H groups in total. The summed E-state index contributed by atoms with van der Waals surface area (Å²) in [7, 11) is 0. The first-order valence-corrected chi connectivity index (χ1v) is 7.85. The molecular weight excluding hydrogens is 204 g/mol. The fraction of sp³-hybridized carbons (Fsp3) is 0.765. The molecule has 0 radical (unpaired) electrons. The van der Waals surface area contributed by atoms with Crippen LogP contribution in [0.5, 0.6) is 0 Å². The zero-order chi connectivity index (χ0) is 11.2. The van der Waals surface area contributed by atoms with E-state index in [9.17, 15) is 0 Å². The molecule has 4 rings (SSSR count). The van der Waals surface area contributed by atoms with Gasteiger partial charge in [-0.05, 0) is 81.1 Å². The van der Waals surface area contributed by atoms with Crippen molar-refractivity contribution in [3.8, 4) is 0 Å². The van der Waals surface area contributed by atoms with Crippen LogP contribution in [0.15, 0.2) is 22.8 Å². The molecule has 0 aliphatic heterocycles. The van der Waals surface area contributed by atoms with Crippen LogP contribution in [0.2, 0.25) is 0 Å². The van der Waals surface area contributed by atoms with Crippen molar-refractivity contribution >= 4 is 0 Å². The third-order valence-corrected chi connectivity index (χ3v) is 5.87. The van der Waals surface area contributed by atoms with E-state index in [1.807, 2.05) is 16.7 Å². The second-order valence-corrected chi connectivity index (χ2v) is 6.74. The molecule has 4 aliphatic rings. The molecule has 0 heteroatoms. The summed E-state index contributed by atoms with van der Waals surface area (Å²) < 4.78 is 0. The second-order valence-electron chi connectivity index (χ2n) is 6.74. The highest BCUT2D eigenvalue weighted by Crippen LogP contribution is 2.50. The van der Waals surface area contributed by atoms with E-state index in [2.05, 4.69) is 6.08 Å². The van der Waals surface area contributed by atoms with Gasteiger partial charge in [-0.15, -0.1) is 0 Å². The number of fused-ring (bicyclic) bond motifs is 3. The van der Waals surface area contributed by atoms with Crippen molar-refractivity contribution in [1.82, 2.24) is 0 Å². The van der Waals surface area contributed by atoms with Gasteiger partial charge < -0.3 is 0 Å². The van der Waals surface area contributed by atoms with E-state index in [0.29, 0.717) is 0 Å². The van der Waals surface area contributed by atoms with Gasteiger partial charge in [0.1, 0.15) is 0 Å². The Morgan fingerprint density at radius 1 is 0.765 bits per heavy atom. The average molecular weight is 228 g/mol. The van der Waals surface area contributed by atoms with Gasteiger partial charge in [0.25, 0.3) is 0 Å². The highest BCUT2D eigenvalue weighted by atomic mass is 14.4. The van der Waals surface area contributed by atoms with Crippen molar-refractivity contribution in [2.24, 2.45) is 17.8 Å². The summed E-state index contributed by atoms with van der Waals surface area (Å²) >= 11 is 0. The molecule has 0 saturated heterocycles. The molecule has 0 bridgehead atoms. The van der Waals surface area contributed by atoms with Crippen molar-refractivity contribution in [1.29, 1.82) is 0 Å². The Kier molecular flexibility index (Phi) is 2.45. The number of allylic oxidation sites excluding steroid dienone is 4. The molecule has 0 spiro atoms. The van der Waals surface area contributed by atoms with Crippen LogP contribution in [-0.2, 0) is 0 Å². The Bertz CT molecular complexity index is 385. The van der Waals surface area contributed by atoms with Gasteiger partial charge in [-0.3, -0.25) is 0 Å². The van der Waals surface area contributed by atoms with Crippen LogP contribution in [0, 0.1) is 17.8 Å². The van der Waals surface area contributed by atoms with Crippen LogP contribution >= 0.6 is 0 Å². The largest absolute Gasteiger partial charge is 0.0668 e. The number of hydrogen-bond acceptors (Lipinski definition) is 0. The van der Waals surface area contributed by atoms with Crippen molar-refractivity contribution in [3.05, 3.63) is 22.8 Å². The van der Waals surface area contributed by atoms with Crippen molar-refractivity contribution in [2.75, 3.05) is 0 Å². The monoisotopic (exact) mass is 228 g/mol. The van der Waals surface area contributed by atoms with Gasteiger partial charge in [0.15, 0.2) is 0 Å². The minimum absolute atomic E-state index is 0.964. The topological polar surface area (TPSA) is 0 Å². The first kappa shape index (κ1) is 10.4. The molecule has 0 nitrogen and oxygen atoms in total. The fourth-order valence-corrected chi connectivity index (χ4v) is 5.00. The number of rotatable bonds is 0. The quantitative estimate of drug-likeness (QED) is 0.546. The third-order valence-electron chi connectivity index (χ3n) is 5.87. The Balaban J connectivity index is 1.75. The summed E-state index contributed by atoms with van der Waals surface area (Å²) in [5, 5.41) is 0. The molecule has 2 fully saturated rings. The predicted octanol–water partition coefficient (Wildman–Crippen LogP) is 5.01. The summed E-state index contributed by atoms with van der Waals surface area (Å²) in [6.45, 7) is 0. The Morgan fingerprint density at radius 2 is 1.65 bits per heavy atom. The summed E-state index contributed by atoms with van der Waals surface area (Å²) in [5.41, 5.74) is 5.58. The van der Waals surface area contributed by atoms with Crippen LogP contribution in [-0.4, -0.2) is 0 Å². The molecule has 0 amide bonds.